The molecule has 0 radical (unpaired) electrons. The zero-order chi connectivity index (χ0) is 12.0. The average Bonchev–Trinajstić information content (AvgIpc) is 2.26. The van der Waals surface area contributed by atoms with E-state index in [0.29, 0.717) is 6.61 Å². The van der Waals surface area contributed by atoms with Crippen molar-refractivity contribution >= 4 is 5.90 Å². The topological polar surface area (TPSA) is 38.3 Å². The molecule has 3 nitrogen and oxygen atoms in total. The maximum absolute atomic E-state index is 5.63. The summed E-state index contributed by atoms with van der Waals surface area (Å²) in [7, 11) is 1.90. The lowest BCUT2D eigenvalue weighted by molar-refractivity contribution is -0.434. The van der Waals surface area contributed by atoms with Crippen LogP contribution in [0.4, 0.5) is 0 Å². The number of nitrogens with zero attached hydrogens (tertiary/aromatic N) is 1. The van der Waals surface area contributed by atoms with E-state index in [2.05, 4.69) is 25.1 Å². The molecule has 0 aliphatic rings. The third-order valence-corrected chi connectivity index (χ3v) is 2.34. The first-order chi connectivity index (χ1) is 7.63. The second-order valence-corrected chi connectivity index (χ2v) is 3.75. The monoisotopic (exact) mass is 219 g/mol. The van der Waals surface area contributed by atoms with Gasteiger partial charge in [-0.1, -0.05) is 29.8 Å². The molecular weight excluding hydrogens is 200 g/mol. The van der Waals surface area contributed by atoms with E-state index in [1.54, 1.807) is 6.20 Å². The van der Waals surface area contributed by atoms with Gasteiger partial charge in [-0.2, -0.15) is 4.58 Å². The van der Waals surface area contributed by atoms with Crippen LogP contribution in [0.1, 0.15) is 18.1 Å². The van der Waals surface area contributed by atoms with E-state index < -0.39 is 0 Å². The van der Waals surface area contributed by atoms with E-state index in [0.717, 1.165) is 5.90 Å². The molecule has 0 bridgehead atoms. The molecule has 1 rings (SSSR count). The molecule has 0 amide bonds. The molecule has 0 saturated heterocycles. The Balaban J connectivity index is 2.61. The Morgan fingerprint density at radius 1 is 1.50 bits per heavy atom. The van der Waals surface area contributed by atoms with Gasteiger partial charge in [0.25, 0.3) is 0 Å². The van der Waals surface area contributed by atoms with Crippen molar-refractivity contribution in [2.45, 2.75) is 20.5 Å². The first-order valence-electron chi connectivity index (χ1n) is 5.26. The SMILES string of the molecule is CC(OCc1cccc(C)c1)=[N+](C)/C=C\N. The summed E-state index contributed by atoms with van der Waals surface area (Å²) < 4.78 is 7.48. The molecule has 0 aliphatic carbocycles. The maximum Gasteiger partial charge on any atom is 0.338 e. The van der Waals surface area contributed by atoms with Crippen molar-refractivity contribution in [3.05, 3.63) is 47.8 Å². The Labute approximate surface area is 96.9 Å². The van der Waals surface area contributed by atoms with Gasteiger partial charge in [0.05, 0.1) is 13.1 Å². The summed E-state index contributed by atoms with van der Waals surface area (Å²) in [6.07, 6.45) is 3.24. The Hall–Kier alpha value is -1.77. The van der Waals surface area contributed by atoms with Crippen LogP contribution in [-0.4, -0.2) is 17.5 Å². The van der Waals surface area contributed by atoms with Crippen molar-refractivity contribution in [2.24, 2.45) is 5.73 Å². The molecule has 1 aromatic carbocycles. The molecule has 0 aliphatic heterocycles. The van der Waals surface area contributed by atoms with Crippen LogP contribution < -0.4 is 5.73 Å². The van der Waals surface area contributed by atoms with Crippen LogP contribution in [0.15, 0.2) is 36.7 Å². The van der Waals surface area contributed by atoms with Crippen LogP contribution in [-0.2, 0) is 11.3 Å². The van der Waals surface area contributed by atoms with Gasteiger partial charge in [0.1, 0.15) is 13.7 Å². The van der Waals surface area contributed by atoms with Gasteiger partial charge >= 0.3 is 5.90 Å². The number of nitrogens with two attached hydrogens (primary N) is 1. The largest absolute Gasteiger partial charge is 0.443 e. The average molecular weight is 219 g/mol. The van der Waals surface area contributed by atoms with Crippen molar-refractivity contribution in [1.82, 2.24) is 0 Å². The van der Waals surface area contributed by atoms with Crippen LogP contribution in [0.2, 0.25) is 0 Å². The zero-order valence-corrected chi connectivity index (χ0v) is 10.1. The van der Waals surface area contributed by atoms with Gasteiger partial charge in [-0.25, -0.2) is 0 Å². The lowest BCUT2D eigenvalue weighted by atomic mass is 10.1. The summed E-state index contributed by atoms with van der Waals surface area (Å²) in [4.78, 5) is 0. The van der Waals surface area contributed by atoms with Crippen LogP contribution in [0.3, 0.4) is 0 Å². The minimum absolute atomic E-state index is 0.580. The van der Waals surface area contributed by atoms with Gasteiger partial charge in [0.15, 0.2) is 6.20 Å². The van der Waals surface area contributed by atoms with E-state index in [1.165, 1.54) is 17.3 Å². The van der Waals surface area contributed by atoms with Gasteiger partial charge < -0.3 is 10.5 Å². The number of hydrogen-bond donors (Lipinski definition) is 1. The molecule has 16 heavy (non-hydrogen) atoms. The second-order valence-electron chi connectivity index (χ2n) is 3.75. The smallest absolute Gasteiger partial charge is 0.338 e. The summed E-state index contributed by atoms with van der Waals surface area (Å²) in [6, 6.07) is 8.28. The number of ether oxygens (including phenoxy) is 1. The molecule has 3 heteroatoms. The molecule has 0 unspecified atom stereocenters. The zero-order valence-electron chi connectivity index (χ0n) is 10.1. The van der Waals surface area contributed by atoms with Gasteiger partial charge in [-0.3, -0.25) is 0 Å². The van der Waals surface area contributed by atoms with Gasteiger partial charge in [-0.15, -0.1) is 0 Å². The van der Waals surface area contributed by atoms with Gasteiger partial charge in [0.2, 0.25) is 0 Å². The lowest BCUT2D eigenvalue weighted by Gasteiger charge is -2.04. The fraction of sp³-hybridized carbons (Fsp3) is 0.308. The summed E-state index contributed by atoms with van der Waals surface area (Å²) in [5, 5.41) is 0. The minimum Gasteiger partial charge on any atom is -0.443 e. The van der Waals surface area contributed by atoms with E-state index in [-0.39, 0.29) is 0 Å². The van der Waals surface area contributed by atoms with Crippen LogP contribution in [0.5, 0.6) is 0 Å². The fourth-order valence-corrected chi connectivity index (χ4v) is 1.33. The third kappa shape index (κ3) is 3.77. The number of rotatable bonds is 3. The molecule has 0 saturated carbocycles. The highest BCUT2D eigenvalue weighted by molar-refractivity contribution is 5.67. The van der Waals surface area contributed by atoms with Crippen molar-refractivity contribution in [3.63, 3.8) is 0 Å². The van der Waals surface area contributed by atoms with Gasteiger partial charge in [-0.05, 0) is 12.5 Å². The quantitative estimate of drug-likeness (QED) is 0.480. The van der Waals surface area contributed by atoms with Crippen molar-refractivity contribution in [3.8, 4) is 0 Å². The molecule has 0 aromatic heterocycles. The highest BCUT2D eigenvalue weighted by atomic mass is 16.5. The second kappa shape index (κ2) is 5.95. The van der Waals surface area contributed by atoms with Crippen molar-refractivity contribution in [1.29, 1.82) is 0 Å². The fourth-order valence-electron chi connectivity index (χ4n) is 1.33. The molecule has 0 fully saturated rings. The third-order valence-electron chi connectivity index (χ3n) is 2.34. The summed E-state index contributed by atoms with van der Waals surface area (Å²) in [6.45, 7) is 4.56. The molecule has 86 valence electrons. The summed E-state index contributed by atoms with van der Waals surface area (Å²) in [5.41, 5.74) is 7.72. The first-order valence-corrected chi connectivity index (χ1v) is 5.26. The van der Waals surface area contributed by atoms with Crippen molar-refractivity contribution < 1.29 is 9.31 Å². The lowest BCUT2D eigenvalue weighted by Crippen LogP contribution is -2.13. The highest BCUT2D eigenvalue weighted by Gasteiger charge is 2.03. The van der Waals surface area contributed by atoms with E-state index >= 15 is 0 Å². The van der Waals surface area contributed by atoms with Gasteiger partial charge in [0, 0.05) is 0 Å². The molecule has 0 heterocycles. The molecule has 2 N–H and O–H groups in total. The Morgan fingerprint density at radius 2 is 2.25 bits per heavy atom. The van der Waals surface area contributed by atoms with Crippen molar-refractivity contribution in [2.75, 3.05) is 7.05 Å². The van der Waals surface area contributed by atoms with E-state index in [4.69, 9.17) is 10.5 Å². The molecular formula is C13H19N2O+. The standard InChI is InChI=1S/C13H19N2O/c1-11-5-4-6-13(9-11)10-16-12(2)15(3)8-7-14/h4-9H,10,14H2,1-3H3/q+1/b8-7-,15-12?. The summed E-state index contributed by atoms with van der Waals surface area (Å²) in [5.74, 6) is 0.822. The Kier molecular flexibility index (Phi) is 4.58. The maximum atomic E-state index is 5.63. The minimum atomic E-state index is 0.580. The predicted molar refractivity (Wildman–Crippen MR) is 66.2 cm³/mol. The first kappa shape index (κ1) is 12.3. The number of hydrogen-bond acceptors (Lipinski definition) is 2. The predicted octanol–water partition coefficient (Wildman–Crippen LogP) is 2.00. The Bertz CT molecular complexity index is 408. The Morgan fingerprint density at radius 3 is 2.88 bits per heavy atom. The number of aryl methyl sites for hydroxylation is 1. The number of benzene rings is 1. The van der Waals surface area contributed by atoms with E-state index in [9.17, 15) is 0 Å². The van der Waals surface area contributed by atoms with E-state index in [1.807, 2.05) is 24.6 Å². The van der Waals surface area contributed by atoms with Crippen LogP contribution in [0, 0.1) is 6.92 Å². The van der Waals surface area contributed by atoms with Crippen LogP contribution >= 0.6 is 0 Å². The van der Waals surface area contributed by atoms with Crippen LogP contribution in [0.25, 0.3) is 0 Å². The molecule has 1 aromatic rings. The highest BCUT2D eigenvalue weighted by Crippen LogP contribution is 2.05. The molecule has 0 spiro atoms. The summed E-state index contributed by atoms with van der Waals surface area (Å²) >= 11 is 0. The normalized spacial score (nSPS) is 12.7. The molecule has 0 atom stereocenters.